The molecule has 0 spiro atoms. The van der Waals surface area contributed by atoms with E-state index in [0.717, 1.165) is 10.0 Å². The van der Waals surface area contributed by atoms with E-state index in [0.29, 0.717) is 11.3 Å². The van der Waals surface area contributed by atoms with Crippen LogP contribution in [0, 0.1) is 0 Å². The fourth-order valence-electron chi connectivity index (χ4n) is 2.32. The first-order valence-corrected chi connectivity index (χ1v) is 7.78. The van der Waals surface area contributed by atoms with Gasteiger partial charge in [0.05, 0.1) is 0 Å². The Balaban J connectivity index is 2.02. The van der Waals surface area contributed by atoms with E-state index in [1.54, 1.807) is 24.4 Å². The molecule has 1 heterocycles. The number of aromatic nitrogens is 1. The number of benzene rings is 2. The van der Waals surface area contributed by atoms with Crippen molar-refractivity contribution in [1.82, 2.24) is 4.98 Å². The molecule has 2 N–H and O–H groups in total. The van der Waals surface area contributed by atoms with Gasteiger partial charge in [-0.2, -0.15) is 0 Å². The lowest BCUT2D eigenvalue weighted by Gasteiger charge is -2.10. The molecule has 5 heteroatoms. The summed E-state index contributed by atoms with van der Waals surface area (Å²) in [4.78, 5) is 27.3. The summed E-state index contributed by atoms with van der Waals surface area (Å²) >= 11 is 3.35. The van der Waals surface area contributed by atoms with E-state index < -0.39 is 11.5 Å². The van der Waals surface area contributed by atoms with Crippen LogP contribution in [0.5, 0.6) is 0 Å². The highest BCUT2D eigenvalue weighted by atomic mass is 79.9. The van der Waals surface area contributed by atoms with Crippen molar-refractivity contribution < 1.29 is 4.79 Å². The number of H-pyrrole nitrogens is 1. The molecule has 2 aromatic carbocycles. The number of amides is 1. The van der Waals surface area contributed by atoms with E-state index in [4.69, 9.17) is 0 Å². The molecule has 114 valence electrons. The minimum atomic E-state index is -0.441. The van der Waals surface area contributed by atoms with Crippen molar-refractivity contribution in [2.75, 3.05) is 5.32 Å². The van der Waals surface area contributed by atoms with E-state index in [9.17, 15) is 9.59 Å². The third kappa shape index (κ3) is 3.40. The number of hydrogen-bond donors (Lipinski definition) is 2. The first-order valence-electron chi connectivity index (χ1n) is 6.99. The molecule has 0 bridgehead atoms. The molecule has 0 radical (unpaired) electrons. The smallest absolute Gasteiger partial charge is 0.261 e. The van der Waals surface area contributed by atoms with Crippen molar-refractivity contribution >= 4 is 27.5 Å². The second-order valence-electron chi connectivity index (χ2n) is 4.93. The topological polar surface area (TPSA) is 62.0 Å². The van der Waals surface area contributed by atoms with Gasteiger partial charge in [0.2, 0.25) is 0 Å². The highest BCUT2D eigenvalue weighted by Crippen LogP contribution is 2.22. The molecule has 0 saturated heterocycles. The number of carbonyl (C=O) groups excluding carboxylic acids is 1. The third-order valence-electron chi connectivity index (χ3n) is 3.36. The second-order valence-corrected chi connectivity index (χ2v) is 5.84. The first-order chi connectivity index (χ1) is 11.1. The monoisotopic (exact) mass is 368 g/mol. The van der Waals surface area contributed by atoms with Gasteiger partial charge in [-0.3, -0.25) is 9.59 Å². The maximum Gasteiger partial charge on any atom is 0.261 e. The van der Waals surface area contributed by atoms with Gasteiger partial charge >= 0.3 is 0 Å². The van der Waals surface area contributed by atoms with E-state index in [-0.39, 0.29) is 5.56 Å². The zero-order chi connectivity index (χ0) is 16.2. The average Bonchev–Trinajstić information content (AvgIpc) is 2.55. The fraction of sp³-hybridized carbons (Fsp3) is 0. The zero-order valence-corrected chi connectivity index (χ0v) is 13.6. The summed E-state index contributed by atoms with van der Waals surface area (Å²) in [6.45, 7) is 0. The third-order valence-corrected chi connectivity index (χ3v) is 3.85. The Labute approximate surface area is 141 Å². The predicted molar refractivity (Wildman–Crippen MR) is 94.6 cm³/mol. The number of rotatable bonds is 3. The summed E-state index contributed by atoms with van der Waals surface area (Å²) in [6.07, 6.45) is 1.54. The van der Waals surface area contributed by atoms with Gasteiger partial charge in [-0.15, -0.1) is 0 Å². The van der Waals surface area contributed by atoms with Gasteiger partial charge < -0.3 is 10.3 Å². The van der Waals surface area contributed by atoms with Crippen LogP contribution in [0.15, 0.2) is 76.1 Å². The highest BCUT2D eigenvalue weighted by molar-refractivity contribution is 9.10. The molecule has 23 heavy (non-hydrogen) atoms. The van der Waals surface area contributed by atoms with E-state index >= 15 is 0 Å². The quantitative estimate of drug-likeness (QED) is 0.732. The summed E-state index contributed by atoms with van der Waals surface area (Å²) in [5, 5.41) is 2.76. The molecular weight excluding hydrogens is 356 g/mol. The number of anilines is 1. The molecule has 0 unspecified atom stereocenters. The van der Waals surface area contributed by atoms with Gasteiger partial charge in [-0.25, -0.2) is 0 Å². The van der Waals surface area contributed by atoms with Crippen molar-refractivity contribution in [3.63, 3.8) is 0 Å². The standard InChI is InChI=1S/C18H13BrN2O2/c19-13-7-4-8-14(11-13)21-18(23)16-15(9-10-20-17(16)22)12-5-2-1-3-6-12/h1-11H,(H,20,22)(H,21,23). The lowest BCUT2D eigenvalue weighted by Crippen LogP contribution is -2.24. The summed E-state index contributed by atoms with van der Waals surface area (Å²) in [5.41, 5.74) is 1.71. The zero-order valence-electron chi connectivity index (χ0n) is 12.0. The van der Waals surface area contributed by atoms with Crippen molar-refractivity contribution in [3.05, 3.63) is 87.3 Å². The van der Waals surface area contributed by atoms with Gasteiger partial charge in [0.1, 0.15) is 5.56 Å². The van der Waals surface area contributed by atoms with Crippen LogP contribution in [-0.4, -0.2) is 10.9 Å². The number of carbonyl (C=O) groups is 1. The van der Waals surface area contributed by atoms with Crippen molar-refractivity contribution in [2.24, 2.45) is 0 Å². The molecule has 1 aromatic heterocycles. The minimum Gasteiger partial charge on any atom is -0.328 e. The van der Waals surface area contributed by atoms with E-state index in [1.165, 1.54) is 0 Å². The molecule has 0 saturated carbocycles. The Morgan fingerprint density at radius 2 is 1.78 bits per heavy atom. The van der Waals surface area contributed by atoms with Crippen LogP contribution < -0.4 is 10.9 Å². The van der Waals surface area contributed by atoms with Gasteiger partial charge in [0, 0.05) is 21.9 Å². The molecule has 0 aliphatic rings. The predicted octanol–water partition coefficient (Wildman–Crippen LogP) is 4.06. The molecule has 0 aliphatic carbocycles. The summed E-state index contributed by atoms with van der Waals surface area (Å²) in [7, 11) is 0. The van der Waals surface area contributed by atoms with Crippen LogP contribution in [0.25, 0.3) is 11.1 Å². The Kier molecular flexibility index (Phi) is 4.39. The number of halogens is 1. The van der Waals surface area contributed by atoms with Gasteiger partial charge in [0.25, 0.3) is 11.5 Å². The van der Waals surface area contributed by atoms with Crippen molar-refractivity contribution in [1.29, 1.82) is 0 Å². The first kappa shape index (κ1) is 15.2. The van der Waals surface area contributed by atoms with Crippen molar-refractivity contribution in [3.8, 4) is 11.1 Å². The Bertz CT molecular complexity index is 904. The lowest BCUT2D eigenvalue weighted by molar-refractivity contribution is 0.102. The van der Waals surface area contributed by atoms with Crippen molar-refractivity contribution in [2.45, 2.75) is 0 Å². The van der Waals surface area contributed by atoms with Gasteiger partial charge in [-0.1, -0.05) is 52.3 Å². The molecule has 0 aliphatic heterocycles. The van der Waals surface area contributed by atoms with Crippen LogP contribution in [-0.2, 0) is 0 Å². The normalized spacial score (nSPS) is 10.3. The number of nitrogens with one attached hydrogen (secondary N) is 2. The fourth-order valence-corrected chi connectivity index (χ4v) is 2.72. The summed E-state index contributed by atoms with van der Waals surface area (Å²) < 4.78 is 0.848. The van der Waals surface area contributed by atoms with Crippen LogP contribution in [0.3, 0.4) is 0 Å². The SMILES string of the molecule is O=C(Nc1cccc(Br)c1)c1c(-c2ccccc2)cc[nH]c1=O. The Morgan fingerprint density at radius 1 is 1.00 bits per heavy atom. The average molecular weight is 369 g/mol. The van der Waals surface area contributed by atoms with Gasteiger partial charge in [-0.05, 0) is 29.8 Å². The molecule has 0 fully saturated rings. The van der Waals surface area contributed by atoms with Crippen LogP contribution >= 0.6 is 15.9 Å². The number of pyridine rings is 1. The Hall–Kier alpha value is -2.66. The molecule has 3 aromatic rings. The highest BCUT2D eigenvalue weighted by Gasteiger charge is 2.17. The number of aromatic amines is 1. The van der Waals surface area contributed by atoms with Gasteiger partial charge in [0.15, 0.2) is 0 Å². The van der Waals surface area contributed by atoms with Crippen LogP contribution in [0.2, 0.25) is 0 Å². The lowest BCUT2D eigenvalue weighted by atomic mass is 10.0. The molecule has 4 nitrogen and oxygen atoms in total. The maximum absolute atomic E-state index is 12.6. The molecule has 3 rings (SSSR count). The second kappa shape index (κ2) is 6.62. The van der Waals surface area contributed by atoms with Crippen LogP contribution in [0.1, 0.15) is 10.4 Å². The van der Waals surface area contributed by atoms with Crippen LogP contribution in [0.4, 0.5) is 5.69 Å². The molecular formula is C18H13BrN2O2. The van der Waals surface area contributed by atoms with E-state index in [2.05, 4.69) is 26.2 Å². The summed E-state index contributed by atoms with van der Waals surface area (Å²) in [6, 6.07) is 18.3. The number of hydrogen-bond acceptors (Lipinski definition) is 2. The van der Waals surface area contributed by atoms with E-state index in [1.807, 2.05) is 42.5 Å². The Morgan fingerprint density at radius 3 is 2.52 bits per heavy atom. The maximum atomic E-state index is 12.6. The summed E-state index contributed by atoms with van der Waals surface area (Å²) in [5.74, 6) is -0.441. The minimum absolute atomic E-state index is 0.0960. The largest absolute Gasteiger partial charge is 0.328 e. The molecule has 1 amide bonds. The molecule has 0 atom stereocenters.